The number of carbonyl (C=O) groups is 2. The van der Waals surface area contributed by atoms with Gasteiger partial charge in [0.2, 0.25) is 11.8 Å². The summed E-state index contributed by atoms with van der Waals surface area (Å²) in [7, 11) is -4.12. The highest BCUT2D eigenvalue weighted by Crippen LogP contribution is 2.25. The van der Waals surface area contributed by atoms with Crippen LogP contribution in [0.2, 0.25) is 0 Å². The van der Waals surface area contributed by atoms with E-state index in [-0.39, 0.29) is 29.8 Å². The van der Waals surface area contributed by atoms with Gasteiger partial charge in [0, 0.05) is 19.0 Å². The van der Waals surface area contributed by atoms with Gasteiger partial charge in [0.05, 0.1) is 10.6 Å². The van der Waals surface area contributed by atoms with E-state index >= 15 is 0 Å². The van der Waals surface area contributed by atoms with Gasteiger partial charge in [-0.3, -0.25) is 13.9 Å². The highest BCUT2D eigenvalue weighted by atomic mass is 32.2. The van der Waals surface area contributed by atoms with Crippen LogP contribution in [0.25, 0.3) is 0 Å². The minimum atomic E-state index is -4.12. The maximum atomic E-state index is 14.5. The Morgan fingerprint density at radius 1 is 0.795 bits per heavy atom. The van der Waals surface area contributed by atoms with E-state index in [1.54, 1.807) is 54.6 Å². The average molecular weight is 612 g/mol. The van der Waals surface area contributed by atoms with Gasteiger partial charge >= 0.3 is 0 Å². The van der Waals surface area contributed by atoms with Gasteiger partial charge < -0.3 is 10.2 Å². The molecule has 0 fully saturated rings. The quantitative estimate of drug-likeness (QED) is 0.199. The summed E-state index contributed by atoms with van der Waals surface area (Å²) in [6.45, 7) is 7.42. The van der Waals surface area contributed by atoms with Crippen molar-refractivity contribution in [2.75, 3.05) is 10.8 Å². The molecule has 4 aromatic rings. The Morgan fingerprint density at radius 2 is 1.39 bits per heavy atom. The molecule has 0 aliphatic heterocycles. The number of amides is 2. The van der Waals surface area contributed by atoms with Gasteiger partial charge in [-0.25, -0.2) is 8.42 Å². The smallest absolute Gasteiger partial charge is 0.264 e. The molecule has 0 saturated heterocycles. The lowest BCUT2D eigenvalue weighted by atomic mass is 10.0. The van der Waals surface area contributed by atoms with Crippen molar-refractivity contribution in [2.24, 2.45) is 0 Å². The first-order valence-corrected chi connectivity index (χ1v) is 16.4. The molecule has 0 aromatic heterocycles. The lowest BCUT2D eigenvalue weighted by Crippen LogP contribution is -2.54. The fourth-order valence-corrected chi connectivity index (χ4v) is 6.34. The molecule has 230 valence electrons. The van der Waals surface area contributed by atoms with Crippen molar-refractivity contribution in [3.05, 3.63) is 131 Å². The Kier molecular flexibility index (Phi) is 11.0. The predicted octanol–water partition coefficient (Wildman–Crippen LogP) is 6.05. The van der Waals surface area contributed by atoms with Gasteiger partial charge in [0.1, 0.15) is 12.6 Å². The molecule has 2 amide bonds. The number of hydrogen-bond donors (Lipinski definition) is 1. The second kappa shape index (κ2) is 14.8. The molecule has 0 saturated carbocycles. The molecule has 1 N–H and O–H groups in total. The van der Waals surface area contributed by atoms with Crippen LogP contribution in [0.4, 0.5) is 5.69 Å². The maximum Gasteiger partial charge on any atom is 0.264 e. The molecule has 2 unspecified atom stereocenters. The Balaban J connectivity index is 1.80. The van der Waals surface area contributed by atoms with Crippen molar-refractivity contribution in [1.82, 2.24) is 10.2 Å². The third-order valence-electron chi connectivity index (χ3n) is 7.81. The lowest BCUT2D eigenvalue weighted by molar-refractivity contribution is -0.140. The number of aryl methyl sites for hydroxylation is 2. The third-order valence-corrected chi connectivity index (χ3v) is 9.59. The van der Waals surface area contributed by atoms with Crippen LogP contribution in [0.15, 0.2) is 114 Å². The van der Waals surface area contributed by atoms with Gasteiger partial charge in [0.15, 0.2) is 0 Å². The molecular weight excluding hydrogens is 570 g/mol. The predicted molar refractivity (Wildman–Crippen MR) is 176 cm³/mol. The molecule has 0 aliphatic rings. The molecule has 4 rings (SSSR count). The van der Waals surface area contributed by atoms with Gasteiger partial charge in [-0.05, 0) is 68.1 Å². The van der Waals surface area contributed by atoms with E-state index in [9.17, 15) is 18.0 Å². The highest BCUT2D eigenvalue weighted by Gasteiger charge is 2.35. The van der Waals surface area contributed by atoms with Gasteiger partial charge in [0.25, 0.3) is 10.0 Å². The molecule has 7 nitrogen and oxygen atoms in total. The van der Waals surface area contributed by atoms with Crippen LogP contribution in [0, 0.1) is 13.8 Å². The molecule has 0 spiro atoms. The van der Waals surface area contributed by atoms with E-state index in [0.29, 0.717) is 5.69 Å². The first-order chi connectivity index (χ1) is 21.1. The van der Waals surface area contributed by atoms with Gasteiger partial charge in [-0.1, -0.05) is 97.4 Å². The molecule has 0 bridgehead atoms. The van der Waals surface area contributed by atoms with E-state index in [2.05, 4.69) is 5.32 Å². The first-order valence-electron chi connectivity index (χ1n) is 14.9. The lowest BCUT2D eigenvalue weighted by Gasteiger charge is -2.34. The number of nitrogens with zero attached hydrogens (tertiary/aromatic N) is 2. The molecule has 8 heteroatoms. The summed E-state index contributed by atoms with van der Waals surface area (Å²) in [5.74, 6) is -0.759. The molecule has 0 aliphatic carbocycles. The fourth-order valence-electron chi connectivity index (χ4n) is 4.93. The van der Waals surface area contributed by atoms with Gasteiger partial charge in [-0.15, -0.1) is 0 Å². The fraction of sp³-hybridized carbons (Fsp3) is 0.278. The Hall–Kier alpha value is -4.43. The zero-order chi connectivity index (χ0) is 31.7. The molecule has 4 aromatic carbocycles. The summed E-state index contributed by atoms with van der Waals surface area (Å²) in [6, 6.07) is 31.5. The Bertz CT molecular complexity index is 1640. The number of sulfonamides is 1. The summed E-state index contributed by atoms with van der Waals surface area (Å²) in [5.41, 5.74) is 4.03. The standard InChI is InChI=1S/C36H41N3O4S/c1-5-29(4)37-36(41)34(24-30-15-8-6-9-16-30)38(25-31-17-13-12-14-28(31)3)35(40)26-39(32-18-10-7-11-19-32)44(42,43)33-22-20-27(2)21-23-33/h6-23,29,34H,5,24-26H2,1-4H3,(H,37,41). The van der Waals surface area contributed by atoms with Crippen LogP contribution in [-0.4, -0.2) is 43.8 Å². The number of anilines is 1. The monoisotopic (exact) mass is 611 g/mol. The van der Waals surface area contributed by atoms with E-state index in [4.69, 9.17) is 0 Å². The zero-order valence-electron chi connectivity index (χ0n) is 25.8. The van der Waals surface area contributed by atoms with Crippen molar-refractivity contribution in [1.29, 1.82) is 0 Å². The van der Waals surface area contributed by atoms with Crippen LogP contribution in [0.5, 0.6) is 0 Å². The van der Waals surface area contributed by atoms with Crippen LogP contribution < -0.4 is 9.62 Å². The summed E-state index contributed by atoms with van der Waals surface area (Å²) in [6.07, 6.45) is 1.00. The minimum absolute atomic E-state index is 0.0838. The maximum absolute atomic E-state index is 14.5. The Labute approximate surface area is 261 Å². The third kappa shape index (κ3) is 8.14. The number of para-hydroxylation sites is 1. The molecule has 0 radical (unpaired) electrons. The van der Waals surface area contributed by atoms with Crippen LogP contribution in [-0.2, 0) is 32.6 Å². The van der Waals surface area contributed by atoms with Crippen molar-refractivity contribution >= 4 is 27.5 Å². The number of nitrogens with one attached hydrogen (secondary N) is 1. The SMILES string of the molecule is CCC(C)NC(=O)C(Cc1ccccc1)N(Cc1ccccc1C)C(=O)CN(c1ccccc1)S(=O)(=O)c1ccc(C)cc1. The van der Waals surface area contributed by atoms with Gasteiger partial charge in [-0.2, -0.15) is 0 Å². The first kappa shape index (κ1) is 32.5. The zero-order valence-corrected chi connectivity index (χ0v) is 26.6. The summed E-state index contributed by atoms with van der Waals surface area (Å²) < 4.78 is 29.3. The van der Waals surface area contributed by atoms with Crippen molar-refractivity contribution < 1.29 is 18.0 Å². The van der Waals surface area contributed by atoms with Crippen LogP contribution in [0.3, 0.4) is 0 Å². The highest BCUT2D eigenvalue weighted by molar-refractivity contribution is 7.92. The van der Waals surface area contributed by atoms with Crippen molar-refractivity contribution in [3.8, 4) is 0 Å². The summed E-state index contributed by atoms with van der Waals surface area (Å²) in [4.78, 5) is 30.0. The van der Waals surface area contributed by atoms with E-state index < -0.39 is 28.5 Å². The van der Waals surface area contributed by atoms with E-state index in [1.165, 1.54) is 4.90 Å². The summed E-state index contributed by atoms with van der Waals surface area (Å²) in [5, 5.41) is 3.07. The largest absolute Gasteiger partial charge is 0.352 e. The number of carbonyl (C=O) groups excluding carboxylic acids is 2. The molecular formula is C36H41N3O4S. The normalized spacial score (nSPS) is 12.6. The average Bonchev–Trinajstić information content (AvgIpc) is 3.03. The van der Waals surface area contributed by atoms with Crippen molar-refractivity contribution in [3.63, 3.8) is 0 Å². The second-order valence-corrected chi connectivity index (χ2v) is 13.0. The van der Waals surface area contributed by atoms with Crippen LogP contribution >= 0.6 is 0 Å². The van der Waals surface area contributed by atoms with Crippen molar-refractivity contribution in [2.45, 2.75) is 64.1 Å². The number of rotatable bonds is 13. The number of benzene rings is 4. The topological polar surface area (TPSA) is 86.8 Å². The molecule has 2 atom stereocenters. The Morgan fingerprint density at radius 3 is 2.00 bits per heavy atom. The number of hydrogen-bond acceptors (Lipinski definition) is 4. The second-order valence-electron chi connectivity index (χ2n) is 11.1. The summed E-state index contributed by atoms with van der Waals surface area (Å²) >= 11 is 0. The van der Waals surface area contributed by atoms with Crippen LogP contribution in [0.1, 0.15) is 42.5 Å². The molecule has 44 heavy (non-hydrogen) atoms. The molecule has 0 heterocycles. The van der Waals surface area contributed by atoms with E-state index in [0.717, 1.165) is 33.0 Å². The van der Waals surface area contributed by atoms with E-state index in [1.807, 2.05) is 82.3 Å². The minimum Gasteiger partial charge on any atom is -0.352 e.